The maximum atomic E-state index is 13.1. The van der Waals surface area contributed by atoms with Crippen molar-refractivity contribution in [3.63, 3.8) is 0 Å². The SMILES string of the molecule is O=C(CCn1nc(C(=O)N2CCc3ccccc32)ccc1=O)N[C@H]1CCCc2ccccc21. The molecule has 0 fully saturated rings. The van der Waals surface area contributed by atoms with Crippen molar-refractivity contribution < 1.29 is 9.59 Å². The van der Waals surface area contributed by atoms with Crippen LogP contribution in [0.3, 0.4) is 0 Å². The molecule has 1 aromatic heterocycles. The Hall–Kier alpha value is -3.74. The summed E-state index contributed by atoms with van der Waals surface area (Å²) in [6, 6.07) is 18.8. The van der Waals surface area contributed by atoms with Gasteiger partial charge in [0.05, 0.1) is 12.6 Å². The Morgan fingerprint density at radius 3 is 2.64 bits per heavy atom. The molecule has 1 N–H and O–H groups in total. The number of aromatic nitrogens is 2. The monoisotopic (exact) mass is 442 g/mol. The number of carbonyl (C=O) groups excluding carboxylic acids is 2. The van der Waals surface area contributed by atoms with Crippen molar-refractivity contribution in [2.24, 2.45) is 0 Å². The normalized spacial score (nSPS) is 16.7. The Kier molecular flexibility index (Phi) is 5.77. The minimum atomic E-state index is -0.329. The number of nitrogens with zero attached hydrogens (tertiary/aromatic N) is 3. The summed E-state index contributed by atoms with van der Waals surface area (Å²) in [7, 11) is 0. The number of aryl methyl sites for hydroxylation is 2. The quantitative estimate of drug-likeness (QED) is 0.658. The summed E-state index contributed by atoms with van der Waals surface area (Å²) in [6.07, 6.45) is 3.89. The molecule has 2 aliphatic rings. The number of benzene rings is 2. The number of anilines is 1. The van der Waals surface area contributed by atoms with E-state index < -0.39 is 0 Å². The van der Waals surface area contributed by atoms with Gasteiger partial charge in [0.15, 0.2) is 0 Å². The fourth-order valence-electron chi connectivity index (χ4n) is 4.79. The molecule has 168 valence electrons. The minimum Gasteiger partial charge on any atom is -0.349 e. The average Bonchev–Trinajstić information content (AvgIpc) is 3.27. The first kappa shape index (κ1) is 21.1. The zero-order valence-electron chi connectivity index (χ0n) is 18.4. The van der Waals surface area contributed by atoms with Crippen LogP contribution in [0, 0.1) is 0 Å². The molecule has 0 saturated heterocycles. The van der Waals surface area contributed by atoms with Gasteiger partial charge < -0.3 is 10.2 Å². The number of amides is 2. The van der Waals surface area contributed by atoms with Crippen LogP contribution in [0.15, 0.2) is 65.5 Å². The van der Waals surface area contributed by atoms with Gasteiger partial charge in [0, 0.05) is 24.7 Å². The van der Waals surface area contributed by atoms with Gasteiger partial charge in [0.25, 0.3) is 11.5 Å². The van der Waals surface area contributed by atoms with Gasteiger partial charge in [-0.2, -0.15) is 5.10 Å². The molecule has 5 rings (SSSR count). The first-order chi connectivity index (χ1) is 16.1. The first-order valence-electron chi connectivity index (χ1n) is 11.5. The molecule has 0 bridgehead atoms. The number of hydrogen-bond acceptors (Lipinski definition) is 4. The van der Waals surface area contributed by atoms with Gasteiger partial charge in [-0.1, -0.05) is 42.5 Å². The number of para-hydroxylation sites is 1. The highest BCUT2D eigenvalue weighted by atomic mass is 16.2. The van der Waals surface area contributed by atoms with Crippen molar-refractivity contribution in [3.8, 4) is 0 Å². The smallest absolute Gasteiger partial charge is 0.278 e. The maximum absolute atomic E-state index is 13.1. The Labute approximate surface area is 192 Å². The van der Waals surface area contributed by atoms with Crippen LogP contribution >= 0.6 is 0 Å². The first-order valence-corrected chi connectivity index (χ1v) is 11.5. The molecule has 1 atom stereocenters. The molecular weight excluding hydrogens is 416 g/mol. The zero-order valence-corrected chi connectivity index (χ0v) is 18.4. The molecule has 0 unspecified atom stereocenters. The third-order valence-electron chi connectivity index (χ3n) is 6.47. The van der Waals surface area contributed by atoms with Crippen molar-refractivity contribution in [1.29, 1.82) is 0 Å². The molecular formula is C26H26N4O3. The van der Waals surface area contributed by atoms with Gasteiger partial charge in [-0.25, -0.2) is 4.68 Å². The number of nitrogens with one attached hydrogen (secondary N) is 1. The van der Waals surface area contributed by atoms with Crippen LogP contribution < -0.4 is 15.8 Å². The third kappa shape index (κ3) is 4.31. The summed E-state index contributed by atoms with van der Waals surface area (Å²) >= 11 is 0. The lowest BCUT2D eigenvalue weighted by atomic mass is 9.88. The van der Waals surface area contributed by atoms with Gasteiger partial charge in [-0.05, 0) is 54.5 Å². The van der Waals surface area contributed by atoms with Crippen LogP contribution in [0.25, 0.3) is 0 Å². The van der Waals surface area contributed by atoms with Crippen LogP contribution in [-0.4, -0.2) is 28.1 Å². The summed E-state index contributed by atoms with van der Waals surface area (Å²) in [5, 5.41) is 7.38. The second-order valence-corrected chi connectivity index (χ2v) is 8.58. The highest BCUT2D eigenvalue weighted by Gasteiger charge is 2.26. The van der Waals surface area contributed by atoms with E-state index in [1.807, 2.05) is 36.4 Å². The molecule has 0 spiro atoms. The molecule has 7 nitrogen and oxygen atoms in total. The summed E-state index contributed by atoms with van der Waals surface area (Å²) in [5.74, 6) is -0.368. The molecule has 1 aliphatic carbocycles. The van der Waals surface area contributed by atoms with E-state index in [9.17, 15) is 14.4 Å². The lowest BCUT2D eigenvalue weighted by Gasteiger charge is -2.26. The summed E-state index contributed by atoms with van der Waals surface area (Å²) < 4.78 is 1.21. The van der Waals surface area contributed by atoms with E-state index in [0.717, 1.165) is 36.9 Å². The summed E-state index contributed by atoms with van der Waals surface area (Å²) in [6.45, 7) is 0.709. The number of carbonyl (C=O) groups is 2. The van der Waals surface area contributed by atoms with Gasteiger partial charge in [-0.3, -0.25) is 14.4 Å². The maximum Gasteiger partial charge on any atom is 0.278 e. The largest absolute Gasteiger partial charge is 0.349 e. The van der Waals surface area contributed by atoms with E-state index >= 15 is 0 Å². The third-order valence-corrected chi connectivity index (χ3v) is 6.47. The van der Waals surface area contributed by atoms with Crippen LogP contribution in [0.5, 0.6) is 0 Å². The number of fused-ring (bicyclic) bond motifs is 2. The van der Waals surface area contributed by atoms with Crippen LogP contribution in [0.4, 0.5) is 5.69 Å². The zero-order chi connectivity index (χ0) is 22.8. The van der Waals surface area contributed by atoms with Gasteiger partial charge >= 0.3 is 0 Å². The van der Waals surface area contributed by atoms with Gasteiger partial charge in [0.2, 0.25) is 5.91 Å². The Morgan fingerprint density at radius 1 is 0.970 bits per heavy atom. The highest BCUT2D eigenvalue weighted by molar-refractivity contribution is 6.05. The molecule has 7 heteroatoms. The molecule has 0 saturated carbocycles. The van der Waals surface area contributed by atoms with E-state index in [1.54, 1.807) is 4.90 Å². The van der Waals surface area contributed by atoms with E-state index in [-0.39, 0.29) is 42.1 Å². The van der Waals surface area contributed by atoms with Crippen LogP contribution in [0.1, 0.15) is 52.5 Å². The van der Waals surface area contributed by atoms with Gasteiger partial charge in [-0.15, -0.1) is 0 Å². The fraction of sp³-hybridized carbons (Fsp3) is 0.308. The number of rotatable bonds is 5. The fourth-order valence-corrected chi connectivity index (χ4v) is 4.79. The van der Waals surface area contributed by atoms with E-state index in [2.05, 4.69) is 22.5 Å². The molecule has 2 amide bonds. The molecule has 1 aliphatic heterocycles. The Morgan fingerprint density at radius 2 is 1.76 bits per heavy atom. The van der Waals surface area contributed by atoms with E-state index in [1.165, 1.54) is 27.9 Å². The average molecular weight is 443 g/mol. The van der Waals surface area contributed by atoms with Crippen molar-refractivity contribution in [1.82, 2.24) is 15.1 Å². The van der Waals surface area contributed by atoms with E-state index in [4.69, 9.17) is 0 Å². The lowest BCUT2D eigenvalue weighted by molar-refractivity contribution is -0.122. The molecule has 2 aromatic carbocycles. The summed E-state index contributed by atoms with van der Waals surface area (Å²) in [4.78, 5) is 39.7. The van der Waals surface area contributed by atoms with Crippen molar-refractivity contribution in [2.45, 2.75) is 44.7 Å². The van der Waals surface area contributed by atoms with Gasteiger partial charge in [0.1, 0.15) is 5.69 Å². The van der Waals surface area contributed by atoms with Crippen LogP contribution in [0.2, 0.25) is 0 Å². The Bertz CT molecular complexity index is 1270. The standard InChI is InChI=1S/C26H26N4O3/c31-24(27-21-10-5-8-18-6-1-3-9-20(18)21)15-17-30-25(32)13-12-22(28-30)26(33)29-16-14-19-7-2-4-11-23(19)29/h1-4,6-7,9,11-13,21H,5,8,10,14-17H2,(H,27,31)/t21-/m0/s1. The second-order valence-electron chi connectivity index (χ2n) is 8.58. The molecule has 2 heterocycles. The second kappa shape index (κ2) is 9.02. The van der Waals surface area contributed by atoms with Crippen molar-refractivity contribution in [3.05, 3.63) is 93.4 Å². The molecule has 3 aromatic rings. The van der Waals surface area contributed by atoms with Crippen LogP contribution in [-0.2, 0) is 24.2 Å². The Balaban J connectivity index is 1.26. The highest BCUT2D eigenvalue weighted by Crippen LogP contribution is 2.30. The van der Waals surface area contributed by atoms with Crippen molar-refractivity contribution >= 4 is 17.5 Å². The topological polar surface area (TPSA) is 84.3 Å². The number of hydrogen-bond donors (Lipinski definition) is 1. The minimum absolute atomic E-state index is 0.00437. The molecule has 0 radical (unpaired) electrons. The molecule has 33 heavy (non-hydrogen) atoms. The van der Waals surface area contributed by atoms with E-state index in [0.29, 0.717) is 6.54 Å². The predicted molar refractivity (Wildman–Crippen MR) is 125 cm³/mol. The van der Waals surface area contributed by atoms with Crippen molar-refractivity contribution in [2.75, 3.05) is 11.4 Å². The lowest BCUT2D eigenvalue weighted by Crippen LogP contribution is -2.34. The predicted octanol–water partition coefficient (Wildman–Crippen LogP) is 3.03. The summed E-state index contributed by atoms with van der Waals surface area (Å²) in [5.41, 5.74) is 4.33.